The van der Waals surface area contributed by atoms with E-state index in [-0.39, 0.29) is 11.9 Å². The number of anilines is 2. The van der Waals surface area contributed by atoms with E-state index in [4.69, 9.17) is 0 Å². The van der Waals surface area contributed by atoms with Crippen LogP contribution in [0, 0.1) is 5.82 Å². The van der Waals surface area contributed by atoms with Crippen LogP contribution in [0.1, 0.15) is 18.5 Å². The number of rotatable bonds is 4. The topological polar surface area (TPSA) is 78.5 Å². The zero-order valence-electron chi connectivity index (χ0n) is 11.7. The largest absolute Gasteiger partial charge is 0.362 e. The number of nitrogens with one attached hydrogen (secondary N) is 3. The molecule has 6 nitrogen and oxygen atoms in total. The van der Waals surface area contributed by atoms with Gasteiger partial charge in [0.2, 0.25) is 5.95 Å². The Labute approximate surface area is 120 Å². The lowest BCUT2D eigenvalue weighted by atomic mass is 10.1. The summed E-state index contributed by atoms with van der Waals surface area (Å²) in [6, 6.07) is 6.35. The van der Waals surface area contributed by atoms with Crippen molar-refractivity contribution in [2.75, 3.05) is 17.7 Å². The molecule has 0 spiro atoms. The third-order valence-corrected chi connectivity index (χ3v) is 3.23. The van der Waals surface area contributed by atoms with Crippen molar-refractivity contribution in [3.63, 3.8) is 0 Å². The van der Waals surface area contributed by atoms with Crippen molar-refractivity contribution in [1.82, 2.24) is 19.9 Å². The van der Waals surface area contributed by atoms with E-state index in [1.165, 1.54) is 12.1 Å². The summed E-state index contributed by atoms with van der Waals surface area (Å²) in [5.41, 5.74) is 2.29. The van der Waals surface area contributed by atoms with Gasteiger partial charge in [0.05, 0.1) is 12.4 Å². The van der Waals surface area contributed by atoms with E-state index in [1.807, 2.05) is 6.92 Å². The Kier molecular flexibility index (Phi) is 3.39. The second kappa shape index (κ2) is 5.35. The number of halogens is 1. The van der Waals surface area contributed by atoms with Crippen LogP contribution < -0.4 is 10.6 Å². The maximum atomic E-state index is 13.0. The molecule has 2 aromatic heterocycles. The van der Waals surface area contributed by atoms with Crippen LogP contribution in [-0.4, -0.2) is 27.0 Å². The molecule has 108 valence electrons. The highest BCUT2D eigenvalue weighted by molar-refractivity contribution is 5.83. The van der Waals surface area contributed by atoms with E-state index in [2.05, 4.69) is 30.6 Å². The highest BCUT2D eigenvalue weighted by Crippen LogP contribution is 2.23. The average Bonchev–Trinajstić information content (AvgIpc) is 2.96. The highest BCUT2D eigenvalue weighted by atomic mass is 19.1. The molecule has 0 aliphatic heterocycles. The molecule has 1 aromatic carbocycles. The lowest BCUT2D eigenvalue weighted by molar-refractivity contribution is 0.626. The van der Waals surface area contributed by atoms with E-state index < -0.39 is 0 Å². The van der Waals surface area contributed by atoms with Crippen LogP contribution in [0.15, 0.2) is 30.6 Å². The monoisotopic (exact) mass is 286 g/mol. The van der Waals surface area contributed by atoms with Crippen LogP contribution in [0.2, 0.25) is 0 Å². The fraction of sp³-hybridized carbons (Fsp3) is 0.214. The van der Waals surface area contributed by atoms with E-state index in [0.717, 1.165) is 11.1 Å². The lowest BCUT2D eigenvalue weighted by Crippen LogP contribution is -2.10. The average molecular weight is 286 g/mol. The standard InChI is InChI=1S/C14H15FN6/c1-8(9-3-5-10(15)6-4-9)19-13-11-12(18-7-17-11)20-14(16-2)21-13/h3-8H,1-2H3,(H3,16,17,18,19,20,21). The fourth-order valence-corrected chi connectivity index (χ4v) is 2.09. The predicted molar refractivity (Wildman–Crippen MR) is 79.7 cm³/mol. The third kappa shape index (κ3) is 2.62. The number of H-pyrrole nitrogens is 1. The summed E-state index contributed by atoms with van der Waals surface area (Å²) in [6.45, 7) is 1.98. The molecule has 2 heterocycles. The molecule has 0 amide bonds. The first-order valence-corrected chi connectivity index (χ1v) is 6.58. The summed E-state index contributed by atoms with van der Waals surface area (Å²) in [7, 11) is 1.75. The highest BCUT2D eigenvalue weighted by Gasteiger charge is 2.12. The first-order valence-electron chi connectivity index (χ1n) is 6.58. The molecule has 1 atom stereocenters. The molecule has 0 saturated carbocycles. The van der Waals surface area contributed by atoms with Gasteiger partial charge in [-0.1, -0.05) is 12.1 Å². The fourth-order valence-electron chi connectivity index (χ4n) is 2.09. The number of nitrogens with zero attached hydrogens (tertiary/aromatic N) is 3. The van der Waals surface area contributed by atoms with Gasteiger partial charge >= 0.3 is 0 Å². The third-order valence-electron chi connectivity index (χ3n) is 3.23. The summed E-state index contributed by atoms with van der Waals surface area (Å²) < 4.78 is 13.0. The van der Waals surface area contributed by atoms with E-state index in [9.17, 15) is 4.39 Å². The Balaban J connectivity index is 1.93. The zero-order chi connectivity index (χ0) is 14.8. The molecule has 0 aliphatic rings. The second-order valence-electron chi connectivity index (χ2n) is 4.66. The number of aromatic nitrogens is 4. The minimum atomic E-state index is -0.249. The minimum absolute atomic E-state index is 0.0308. The number of hydrogen-bond acceptors (Lipinski definition) is 5. The Hall–Kier alpha value is -2.70. The number of hydrogen-bond donors (Lipinski definition) is 3. The lowest BCUT2D eigenvalue weighted by Gasteiger charge is -2.15. The van der Waals surface area contributed by atoms with Crippen molar-refractivity contribution in [3.8, 4) is 0 Å². The number of imidazole rings is 1. The maximum absolute atomic E-state index is 13.0. The Morgan fingerprint density at radius 3 is 2.67 bits per heavy atom. The molecule has 1 unspecified atom stereocenters. The van der Waals surface area contributed by atoms with Gasteiger partial charge in [-0.05, 0) is 24.6 Å². The Bertz CT molecular complexity index is 752. The molecular formula is C14H15FN6. The summed E-state index contributed by atoms with van der Waals surface area (Å²) in [6.07, 6.45) is 1.58. The van der Waals surface area contributed by atoms with Gasteiger partial charge in [-0.3, -0.25) is 0 Å². The molecule has 3 N–H and O–H groups in total. The molecule has 3 aromatic rings. The van der Waals surface area contributed by atoms with E-state index in [0.29, 0.717) is 17.4 Å². The van der Waals surface area contributed by atoms with Crippen molar-refractivity contribution in [2.45, 2.75) is 13.0 Å². The quantitative estimate of drug-likeness (QED) is 0.687. The summed E-state index contributed by atoms with van der Waals surface area (Å²) in [4.78, 5) is 15.8. The van der Waals surface area contributed by atoms with Gasteiger partial charge in [0.25, 0.3) is 0 Å². The van der Waals surface area contributed by atoms with Crippen molar-refractivity contribution in [1.29, 1.82) is 0 Å². The molecule has 0 saturated heterocycles. The Morgan fingerprint density at radius 1 is 1.19 bits per heavy atom. The van der Waals surface area contributed by atoms with Gasteiger partial charge in [0.15, 0.2) is 11.5 Å². The van der Waals surface area contributed by atoms with Crippen LogP contribution in [-0.2, 0) is 0 Å². The van der Waals surface area contributed by atoms with Gasteiger partial charge in [0.1, 0.15) is 11.3 Å². The molecule has 0 radical (unpaired) electrons. The molecule has 0 fully saturated rings. The van der Waals surface area contributed by atoms with Gasteiger partial charge in [0, 0.05) is 7.05 Å². The first-order chi connectivity index (χ1) is 10.2. The van der Waals surface area contributed by atoms with Crippen LogP contribution in [0.3, 0.4) is 0 Å². The number of fused-ring (bicyclic) bond motifs is 1. The summed E-state index contributed by atoms with van der Waals surface area (Å²) >= 11 is 0. The van der Waals surface area contributed by atoms with Crippen molar-refractivity contribution in [3.05, 3.63) is 42.0 Å². The maximum Gasteiger partial charge on any atom is 0.226 e. The van der Waals surface area contributed by atoms with Gasteiger partial charge in [-0.15, -0.1) is 0 Å². The minimum Gasteiger partial charge on any atom is -0.362 e. The van der Waals surface area contributed by atoms with E-state index >= 15 is 0 Å². The van der Waals surface area contributed by atoms with Crippen molar-refractivity contribution < 1.29 is 4.39 Å². The molecular weight excluding hydrogens is 271 g/mol. The van der Waals surface area contributed by atoms with Crippen LogP contribution >= 0.6 is 0 Å². The van der Waals surface area contributed by atoms with Gasteiger partial charge in [-0.2, -0.15) is 9.97 Å². The smallest absolute Gasteiger partial charge is 0.226 e. The van der Waals surface area contributed by atoms with Gasteiger partial charge in [-0.25, -0.2) is 9.37 Å². The number of benzene rings is 1. The Morgan fingerprint density at radius 2 is 1.95 bits per heavy atom. The molecule has 21 heavy (non-hydrogen) atoms. The predicted octanol–water partition coefficient (Wildman–Crippen LogP) is 2.71. The first kappa shape index (κ1) is 13.3. The molecule has 0 aliphatic carbocycles. The SMILES string of the molecule is CNc1nc(NC(C)c2ccc(F)cc2)c2[nH]cnc2n1. The van der Waals surface area contributed by atoms with Crippen molar-refractivity contribution >= 4 is 22.9 Å². The van der Waals surface area contributed by atoms with Crippen LogP contribution in [0.25, 0.3) is 11.2 Å². The zero-order valence-corrected chi connectivity index (χ0v) is 11.7. The summed E-state index contributed by atoms with van der Waals surface area (Å²) in [5.74, 6) is 0.892. The molecule has 0 bridgehead atoms. The van der Waals surface area contributed by atoms with Crippen LogP contribution in [0.4, 0.5) is 16.2 Å². The van der Waals surface area contributed by atoms with Crippen LogP contribution in [0.5, 0.6) is 0 Å². The van der Waals surface area contributed by atoms with Crippen molar-refractivity contribution in [2.24, 2.45) is 0 Å². The molecule has 3 rings (SSSR count). The van der Waals surface area contributed by atoms with E-state index in [1.54, 1.807) is 25.5 Å². The normalized spacial score (nSPS) is 12.3. The number of aromatic amines is 1. The van der Waals surface area contributed by atoms with Gasteiger partial charge < -0.3 is 15.6 Å². The second-order valence-corrected chi connectivity index (χ2v) is 4.66. The summed E-state index contributed by atoms with van der Waals surface area (Å²) in [5, 5.41) is 6.20. The molecule has 7 heteroatoms.